The van der Waals surface area contributed by atoms with Gasteiger partial charge in [-0.2, -0.15) is 0 Å². The van der Waals surface area contributed by atoms with E-state index in [9.17, 15) is 4.79 Å². The fraction of sp³-hybridized carbons (Fsp3) is 0.615. The van der Waals surface area contributed by atoms with E-state index in [2.05, 4.69) is 16.9 Å². The SMILES string of the molecule is CCCCCCC(CC(=O)O)c1cncnc1. The van der Waals surface area contributed by atoms with Gasteiger partial charge < -0.3 is 5.11 Å². The minimum absolute atomic E-state index is 0.0468. The lowest BCUT2D eigenvalue weighted by molar-refractivity contribution is -0.137. The highest BCUT2D eigenvalue weighted by Gasteiger charge is 2.15. The number of nitrogens with zero attached hydrogens (tertiary/aromatic N) is 2. The van der Waals surface area contributed by atoms with Gasteiger partial charge in [0, 0.05) is 12.4 Å². The zero-order valence-corrected chi connectivity index (χ0v) is 10.3. The predicted octanol–water partition coefficient (Wildman–Crippen LogP) is 3.01. The second kappa shape index (κ2) is 7.76. The zero-order chi connectivity index (χ0) is 12.5. The number of carbonyl (C=O) groups is 1. The second-order valence-electron chi connectivity index (χ2n) is 4.32. The van der Waals surface area contributed by atoms with Crippen molar-refractivity contribution in [3.63, 3.8) is 0 Å². The van der Waals surface area contributed by atoms with Crippen LogP contribution in [-0.2, 0) is 4.79 Å². The van der Waals surface area contributed by atoms with E-state index in [0.717, 1.165) is 18.4 Å². The second-order valence-corrected chi connectivity index (χ2v) is 4.32. The predicted molar refractivity (Wildman–Crippen MR) is 65.8 cm³/mol. The van der Waals surface area contributed by atoms with Gasteiger partial charge in [0.2, 0.25) is 0 Å². The third kappa shape index (κ3) is 5.43. The first-order chi connectivity index (χ1) is 8.24. The van der Waals surface area contributed by atoms with Gasteiger partial charge in [-0.1, -0.05) is 32.6 Å². The maximum Gasteiger partial charge on any atom is 0.303 e. The van der Waals surface area contributed by atoms with Crippen molar-refractivity contribution in [2.75, 3.05) is 0 Å². The molecule has 0 saturated carbocycles. The summed E-state index contributed by atoms with van der Waals surface area (Å²) in [7, 11) is 0. The van der Waals surface area contributed by atoms with Crippen molar-refractivity contribution in [1.29, 1.82) is 0 Å². The van der Waals surface area contributed by atoms with Crippen molar-refractivity contribution in [3.8, 4) is 0 Å². The molecule has 0 bridgehead atoms. The Morgan fingerprint density at radius 3 is 2.59 bits per heavy atom. The minimum Gasteiger partial charge on any atom is -0.481 e. The van der Waals surface area contributed by atoms with Crippen molar-refractivity contribution in [2.45, 2.75) is 51.4 Å². The fourth-order valence-corrected chi connectivity index (χ4v) is 1.94. The van der Waals surface area contributed by atoms with Crippen LogP contribution in [0.5, 0.6) is 0 Å². The molecule has 1 heterocycles. The van der Waals surface area contributed by atoms with Crippen LogP contribution in [0.2, 0.25) is 0 Å². The van der Waals surface area contributed by atoms with Crippen molar-refractivity contribution in [1.82, 2.24) is 9.97 Å². The van der Waals surface area contributed by atoms with Gasteiger partial charge >= 0.3 is 5.97 Å². The standard InChI is InChI=1S/C13H20N2O2/c1-2-3-4-5-6-11(7-13(16)17)12-8-14-10-15-9-12/h8-11H,2-7H2,1H3,(H,16,17). The Balaban J connectivity index is 2.52. The molecule has 0 fully saturated rings. The maximum atomic E-state index is 10.8. The van der Waals surface area contributed by atoms with Crippen LogP contribution in [0, 0.1) is 0 Å². The molecule has 0 aliphatic rings. The molecule has 1 aromatic heterocycles. The van der Waals surface area contributed by atoms with Gasteiger partial charge in [-0.05, 0) is 17.9 Å². The average Bonchev–Trinajstić information content (AvgIpc) is 2.34. The van der Waals surface area contributed by atoms with Gasteiger partial charge in [-0.15, -0.1) is 0 Å². The quantitative estimate of drug-likeness (QED) is 0.705. The fourth-order valence-electron chi connectivity index (χ4n) is 1.94. The Labute approximate surface area is 102 Å². The van der Waals surface area contributed by atoms with E-state index in [1.807, 2.05) is 0 Å². The molecule has 4 nitrogen and oxygen atoms in total. The highest BCUT2D eigenvalue weighted by atomic mass is 16.4. The molecular formula is C13H20N2O2. The van der Waals surface area contributed by atoms with Crippen molar-refractivity contribution < 1.29 is 9.90 Å². The zero-order valence-electron chi connectivity index (χ0n) is 10.3. The lowest BCUT2D eigenvalue weighted by Crippen LogP contribution is -2.07. The van der Waals surface area contributed by atoms with Crippen LogP contribution in [0.3, 0.4) is 0 Å². The van der Waals surface area contributed by atoms with Crippen LogP contribution >= 0.6 is 0 Å². The molecule has 1 rings (SSSR count). The number of hydrogen-bond acceptors (Lipinski definition) is 3. The van der Waals surface area contributed by atoms with Crippen molar-refractivity contribution >= 4 is 5.97 Å². The summed E-state index contributed by atoms with van der Waals surface area (Å²) in [6, 6.07) is 0. The molecule has 94 valence electrons. The maximum absolute atomic E-state index is 10.8. The summed E-state index contributed by atoms with van der Waals surface area (Å²) in [5, 5.41) is 8.91. The Hall–Kier alpha value is -1.45. The summed E-state index contributed by atoms with van der Waals surface area (Å²) in [6.45, 7) is 2.17. The monoisotopic (exact) mass is 236 g/mol. The third-order valence-electron chi connectivity index (χ3n) is 2.88. The average molecular weight is 236 g/mol. The molecule has 1 unspecified atom stereocenters. The summed E-state index contributed by atoms with van der Waals surface area (Å²) in [5.41, 5.74) is 0.936. The highest BCUT2D eigenvalue weighted by Crippen LogP contribution is 2.24. The molecule has 17 heavy (non-hydrogen) atoms. The van der Waals surface area contributed by atoms with Crippen molar-refractivity contribution in [3.05, 3.63) is 24.3 Å². The number of rotatable bonds is 8. The lowest BCUT2D eigenvalue weighted by Gasteiger charge is -2.14. The molecule has 1 N–H and O–H groups in total. The van der Waals surface area contributed by atoms with Gasteiger partial charge in [0.05, 0.1) is 6.42 Å². The minimum atomic E-state index is -0.755. The van der Waals surface area contributed by atoms with Gasteiger partial charge in [0.1, 0.15) is 6.33 Å². The van der Waals surface area contributed by atoms with Gasteiger partial charge in [0.15, 0.2) is 0 Å². The summed E-state index contributed by atoms with van der Waals surface area (Å²) >= 11 is 0. The first-order valence-electron chi connectivity index (χ1n) is 6.20. The van der Waals surface area contributed by atoms with Gasteiger partial charge in [-0.25, -0.2) is 9.97 Å². The number of aliphatic carboxylic acids is 1. The first-order valence-corrected chi connectivity index (χ1v) is 6.20. The molecule has 0 aliphatic carbocycles. The number of hydrogen-bond donors (Lipinski definition) is 1. The van der Waals surface area contributed by atoms with Crippen LogP contribution in [0.25, 0.3) is 0 Å². The normalized spacial score (nSPS) is 12.3. The number of carboxylic acid groups (broad SMARTS) is 1. The third-order valence-corrected chi connectivity index (χ3v) is 2.88. The molecule has 4 heteroatoms. The van der Waals surface area contributed by atoms with E-state index in [4.69, 9.17) is 5.11 Å². The van der Waals surface area contributed by atoms with E-state index in [0.29, 0.717) is 0 Å². The largest absolute Gasteiger partial charge is 0.481 e. The summed E-state index contributed by atoms with van der Waals surface area (Å²) in [5.74, 6) is -0.708. The lowest BCUT2D eigenvalue weighted by atomic mass is 9.92. The van der Waals surface area contributed by atoms with E-state index in [1.165, 1.54) is 25.6 Å². The van der Waals surface area contributed by atoms with E-state index >= 15 is 0 Å². The van der Waals surface area contributed by atoms with E-state index < -0.39 is 5.97 Å². The van der Waals surface area contributed by atoms with Crippen LogP contribution in [0.1, 0.15) is 56.9 Å². The molecule has 0 saturated heterocycles. The Morgan fingerprint density at radius 2 is 2.00 bits per heavy atom. The van der Waals surface area contributed by atoms with Crippen LogP contribution < -0.4 is 0 Å². The first kappa shape index (κ1) is 13.6. The van der Waals surface area contributed by atoms with Gasteiger partial charge in [0.25, 0.3) is 0 Å². The van der Waals surface area contributed by atoms with E-state index in [-0.39, 0.29) is 12.3 Å². The summed E-state index contributed by atoms with van der Waals surface area (Å²) in [4.78, 5) is 18.7. The number of carboxylic acids is 1. The number of aromatic nitrogens is 2. The summed E-state index contributed by atoms with van der Waals surface area (Å²) < 4.78 is 0. The topological polar surface area (TPSA) is 63.1 Å². The molecule has 0 amide bonds. The van der Waals surface area contributed by atoms with E-state index in [1.54, 1.807) is 12.4 Å². The molecule has 1 aromatic rings. The molecule has 1 atom stereocenters. The number of unbranched alkanes of at least 4 members (excludes halogenated alkanes) is 3. The smallest absolute Gasteiger partial charge is 0.303 e. The molecule has 0 spiro atoms. The Morgan fingerprint density at radius 1 is 1.29 bits per heavy atom. The molecule has 0 radical (unpaired) electrons. The molecule has 0 aromatic carbocycles. The Kier molecular flexibility index (Phi) is 6.22. The molecular weight excluding hydrogens is 216 g/mol. The van der Waals surface area contributed by atoms with Crippen molar-refractivity contribution in [2.24, 2.45) is 0 Å². The summed E-state index contributed by atoms with van der Waals surface area (Å²) in [6.07, 6.45) is 10.6. The van der Waals surface area contributed by atoms with Crippen LogP contribution in [0.15, 0.2) is 18.7 Å². The molecule has 0 aliphatic heterocycles. The highest BCUT2D eigenvalue weighted by molar-refractivity contribution is 5.67. The van der Waals surface area contributed by atoms with Gasteiger partial charge in [-0.3, -0.25) is 4.79 Å². The Bertz CT molecular complexity index is 327. The van der Waals surface area contributed by atoms with Crippen LogP contribution in [-0.4, -0.2) is 21.0 Å². The van der Waals surface area contributed by atoms with Crippen LogP contribution in [0.4, 0.5) is 0 Å².